The maximum absolute atomic E-state index is 12.8. The quantitative estimate of drug-likeness (QED) is 0.755. The number of carbonyl (C=O) groups excluding carboxylic acids is 2. The van der Waals surface area contributed by atoms with Crippen LogP contribution in [0.25, 0.3) is 10.8 Å². The molecule has 0 N–H and O–H groups in total. The van der Waals surface area contributed by atoms with Crippen molar-refractivity contribution in [2.24, 2.45) is 0 Å². The first-order valence-corrected chi connectivity index (χ1v) is 10.1. The zero-order valence-corrected chi connectivity index (χ0v) is 16.7. The van der Waals surface area contributed by atoms with Crippen molar-refractivity contribution in [1.29, 1.82) is 0 Å². The second-order valence-electron chi connectivity index (χ2n) is 7.42. The summed E-state index contributed by atoms with van der Waals surface area (Å²) in [6.45, 7) is 4.09. The van der Waals surface area contributed by atoms with E-state index in [1.165, 1.54) is 18.9 Å². The number of amides is 1. The summed E-state index contributed by atoms with van der Waals surface area (Å²) in [5, 5.41) is 6.57. The second-order valence-corrected chi connectivity index (χ2v) is 8.22. The van der Waals surface area contributed by atoms with E-state index in [1.807, 2.05) is 44.4 Å². The number of methoxy groups -OCH3 is 1. The number of ether oxygens (including phenoxy) is 1. The van der Waals surface area contributed by atoms with Crippen LogP contribution >= 0.6 is 11.8 Å². The van der Waals surface area contributed by atoms with Crippen molar-refractivity contribution in [3.05, 3.63) is 58.6 Å². The highest BCUT2D eigenvalue weighted by atomic mass is 32.2. The molecule has 6 heteroatoms. The van der Waals surface area contributed by atoms with E-state index >= 15 is 0 Å². The summed E-state index contributed by atoms with van der Waals surface area (Å²) in [5.74, 6) is -0.385. The molecule has 1 unspecified atom stereocenters. The minimum atomic E-state index is -0.407. The molecule has 1 amide bonds. The second kappa shape index (κ2) is 6.39. The zero-order chi connectivity index (χ0) is 19.3. The van der Waals surface area contributed by atoms with Gasteiger partial charge < -0.3 is 4.74 Å². The van der Waals surface area contributed by atoms with Crippen molar-refractivity contribution >= 4 is 34.4 Å². The number of hydrogen-bond acceptors (Lipinski definition) is 5. The van der Waals surface area contributed by atoms with Gasteiger partial charge in [-0.25, -0.2) is 9.80 Å². The van der Waals surface area contributed by atoms with E-state index in [4.69, 9.17) is 4.74 Å². The van der Waals surface area contributed by atoms with Crippen LogP contribution in [0.5, 0.6) is 0 Å². The minimum absolute atomic E-state index is 0.00786. The summed E-state index contributed by atoms with van der Waals surface area (Å²) in [6, 6.07) is 13.8. The average Bonchev–Trinajstić information content (AvgIpc) is 3.13. The fourth-order valence-corrected chi connectivity index (χ4v) is 5.01. The molecule has 0 radical (unpaired) electrons. The van der Waals surface area contributed by atoms with E-state index in [-0.39, 0.29) is 11.9 Å². The van der Waals surface area contributed by atoms with Gasteiger partial charge in [-0.1, -0.05) is 42.5 Å². The highest BCUT2D eigenvalue weighted by Gasteiger charge is 2.56. The van der Waals surface area contributed by atoms with Gasteiger partial charge in [0.05, 0.1) is 18.7 Å². The van der Waals surface area contributed by atoms with Gasteiger partial charge >= 0.3 is 5.97 Å². The topological polar surface area (TPSA) is 49.9 Å². The van der Waals surface area contributed by atoms with Gasteiger partial charge in [-0.2, -0.15) is 5.01 Å². The lowest BCUT2D eigenvalue weighted by atomic mass is 9.90. The Balaban J connectivity index is 2.02. The summed E-state index contributed by atoms with van der Waals surface area (Å²) in [6.07, 6.45) is 2.30. The normalized spacial score (nSPS) is 21.9. The van der Waals surface area contributed by atoms with Crippen molar-refractivity contribution in [2.75, 3.05) is 13.4 Å². The number of benzene rings is 2. The third-order valence-electron chi connectivity index (χ3n) is 5.31. The fourth-order valence-electron chi connectivity index (χ4n) is 4.23. The highest BCUT2D eigenvalue weighted by Crippen LogP contribution is 2.52. The smallest absolute Gasteiger partial charge is 0.338 e. The lowest BCUT2D eigenvalue weighted by Gasteiger charge is -2.37. The van der Waals surface area contributed by atoms with Crippen LogP contribution in [0.15, 0.2) is 53.1 Å². The van der Waals surface area contributed by atoms with Crippen molar-refractivity contribution in [1.82, 2.24) is 10.0 Å². The first-order chi connectivity index (χ1) is 12.9. The molecule has 2 aliphatic heterocycles. The highest BCUT2D eigenvalue weighted by molar-refractivity contribution is 8.02. The Morgan fingerprint density at radius 3 is 2.59 bits per heavy atom. The van der Waals surface area contributed by atoms with Crippen molar-refractivity contribution < 1.29 is 14.3 Å². The van der Waals surface area contributed by atoms with Gasteiger partial charge in [0, 0.05) is 12.0 Å². The Kier molecular flexibility index (Phi) is 4.28. The van der Waals surface area contributed by atoms with E-state index in [0.29, 0.717) is 17.0 Å². The summed E-state index contributed by atoms with van der Waals surface area (Å²) in [7, 11) is 1.39. The molecule has 0 aliphatic carbocycles. The molecule has 27 heavy (non-hydrogen) atoms. The molecule has 0 aromatic heterocycles. The monoisotopic (exact) mass is 382 g/mol. The average molecular weight is 382 g/mol. The molecule has 1 atom stereocenters. The van der Waals surface area contributed by atoms with E-state index in [1.54, 1.807) is 5.01 Å². The lowest BCUT2D eigenvalue weighted by molar-refractivity contribution is -0.138. The Morgan fingerprint density at radius 2 is 1.89 bits per heavy atom. The number of thioether (sulfide) groups is 1. The molecule has 1 fully saturated rings. The van der Waals surface area contributed by atoms with Gasteiger partial charge in [-0.05, 0) is 36.4 Å². The predicted molar refractivity (Wildman–Crippen MR) is 107 cm³/mol. The molecule has 140 valence electrons. The molecule has 2 aromatic carbocycles. The molecule has 0 saturated carbocycles. The Hall–Kier alpha value is -2.31. The number of hydrogen-bond donors (Lipinski definition) is 0. The van der Waals surface area contributed by atoms with Crippen molar-refractivity contribution in [2.45, 2.75) is 31.8 Å². The number of hydrazine groups is 1. The van der Waals surface area contributed by atoms with Crippen LogP contribution in [0, 0.1) is 0 Å². The van der Waals surface area contributed by atoms with Crippen LogP contribution in [0.3, 0.4) is 0 Å². The third-order valence-corrected chi connectivity index (χ3v) is 6.09. The van der Waals surface area contributed by atoms with E-state index < -0.39 is 11.5 Å². The van der Waals surface area contributed by atoms with Gasteiger partial charge in [0.2, 0.25) is 5.91 Å². The summed E-state index contributed by atoms with van der Waals surface area (Å²) in [4.78, 5) is 25.6. The number of esters is 1. The molecular formula is C21H22N2O3S. The van der Waals surface area contributed by atoms with E-state index in [0.717, 1.165) is 16.3 Å². The van der Waals surface area contributed by atoms with Gasteiger partial charge in [0.15, 0.2) is 0 Å². The number of nitrogens with zero attached hydrogens (tertiary/aromatic N) is 2. The van der Waals surface area contributed by atoms with Gasteiger partial charge in [-0.3, -0.25) is 4.79 Å². The predicted octanol–water partition coefficient (Wildman–Crippen LogP) is 3.87. The third kappa shape index (κ3) is 2.58. The largest absolute Gasteiger partial charge is 0.466 e. The SMILES string of the molecule is COC(=O)C1=C(SC)N2C(=O)CC(C)(C)N2C1c1cccc2ccccc12. The molecule has 2 aliphatic rings. The molecule has 0 spiro atoms. The van der Waals surface area contributed by atoms with E-state index in [9.17, 15) is 9.59 Å². The molecule has 2 aromatic rings. The lowest BCUT2D eigenvalue weighted by Crippen LogP contribution is -2.44. The maximum Gasteiger partial charge on any atom is 0.338 e. The number of rotatable bonds is 3. The van der Waals surface area contributed by atoms with Crippen LogP contribution in [0.1, 0.15) is 31.9 Å². The minimum Gasteiger partial charge on any atom is -0.466 e. The number of carbonyl (C=O) groups is 2. The van der Waals surface area contributed by atoms with Crippen LogP contribution in [-0.2, 0) is 14.3 Å². The van der Waals surface area contributed by atoms with Crippen LogP contribution in [0.4, 0.5) is 0 Å². The Bertz CT molecular complexity index is 977. The van der Waals surface area contributed by atoms with Crippen LogP contribution in [-0.4, -0.2) is 40.8 Å². The fraction of sp³-hybridized carbons (Fsp3) is 0.333. The molecule has 1 saturated heterocycles. The maximum atomic E-state index is 12.8. The standard InChI is InChI=1S/C21H22N2O3S/c1-21(2)12-16(24)22-19(27-4)17(20(25)26-3)18(23(21)22)15-11-7-9-13-8-5-6-10-14(13)15/h5-11,18H,12H2,1-4H3. The van der Waals surface area contributed by atoms with Crippen LogP contribution in [0.2, 0.25) is 0 Å². The van der Waals surface area contributed by atoms with Crippen LogP contribution < -0.4 is 0 Å². The Labute approximate surface area is 162 Å². The van der Waals surface area contributed by atoms with Gasteiger partial charge in [0.1, 0.15) is 5.03 Å². The summed E-state index contributed by atoms with van der Waals surface area (Å²) in [5.41, 5.74) is 1.13. The molecule has 0 bridgehead atoms. The molecule has 4 rings (SSSR count). The summed E-state index contributed by atoms with van der Waals surface area (Å²) >= 11 is 1.41. The first kappa shape index (κ1) is 18.1. The Morgan fingerprint density at radius 1 is 1.19 bits per heavy atom. The summed E-state index contributed by atoms with van der Waals surface area (Å²) < 4.78 is 5.12. The van der Waals surface area contributed by atoms with Gasteiger partial charge in [0.25, 0.3) is 0 Å². The molecule has 5 nitrogen and oxygen atoms in total. The first-order valence-electron chi connectivity index (χ1n) is 8.87. The van der Waals surface area contributed by atoms with Crippen molar-refractivity contribution in [3.63, 3.8) is 0 Å². The van der Waals surface area contributed by atoms with Crippen molar-refractivity contribution in [3.8, 4) is 0 Å². The van der Waals surface area contributed by atoms with E-state index in [2.05, 4.69) is 23.2 Å². The van der Waals surface area contributed by atoms with Gasteiger partial charge in [-0.15, -0.1) is 11.8 Å². The molecular weight excluding hydrogens is 360 g/mol. The molecule has 2 heterocycles. The number of fused-ring (bicyclic) bond motifs is 2. The zero-order valence-electron chi connectivity index (χ0n) is 15.9.